The molecule has 102 valence electrons. The van der Waals surface area contributed by atoms with Crippen LogP contribution in [0, 0.1) is 0 Å². The van der Waals surface area contributed by atoms with Crippen LogP contribution < -0.4 is 10.6 Å². The van der Waals surface area contributed by atoms with E-state index in [1.54, 1.807) is 19.0 Å². The fourth-order valence-electron chi connectivity index (χ4n) is 2.35. The van der Waals surface area contributed by atoms with Crippen LogP contribution >= 0.6 is 0 Å². The van der Waals surface area contributed by atoms with Gasteiger partial charge in [-0.3, -0.25) is 10.1 Å². The summed E-state index contributed by atoms with van der Waals surface area (Å²) < 4.78 is 0. The van der Waals surface area contributed by atoms with E-state index < -0.39 is 6.03 Å². The highest BCUT2D eigenvalue weighted by Gasteiger charge is 2.23. The first kappa shape index (κ1) is 13.5. The molecule has 0 heterocycles. The zero-order valence-corrected chi connectivity index (χ0v) is 11.3. The Labute approximate surface area is 113 Å². The molecule has 3 amide bonds. The van der Waals surface area contributed by atoms with Crippen LogP contribution in [0.15, 0.2) is 24.3 Å². The van der Waals surface area contributed by atoms with Crippen LogP contribution in [-0.4, -0.2) is 37.5 Å². The number of hydrogen-bond acceptors (Lipinski definition) is 3. The number of imide groups is 1. The lowest BCUT2D eigenvalue weighted by Crippen LogP contribution is -2.44. The van der Waals surface area contributed by atoms with Crippen LogP contribution in [0.25, 0.3) is 0 Å². The Morgan fingerprint density at radius 2 is 2.05 bits per heavy atom. The summed E-state index contributed by atoms with van der Waals surface area (Å²) in [7, 11) is 3.56. The summed E-state index contributed by atoms with van der Waals surface area (Å²) in [6.45, 7) is 0.203. The van der Waals surface area contributed by atoms with Crippen molar-refractivity contribution >= 4 is 11.9 Å². The minimum Gasteiger partial charge on any atom is -0.331 e. The Morgan fingerprint density at radius 1 is 1.32 bits per heavy atom. The lowest BCUT2D eigenvalue weighted by atomic mass is 10.1. The van der Waals surface area contributed by atoms with Crippen molar-refractivity contribution in [2.24, 2.45) is 0 Å². The summed E-state index contributed by atoms with van der Waals surface area (Å²) in [6, 6.07) is 7.65. The predicted octanol–water partition coefficient (Wildman–Crippen LogP) is 1.06. The van der Waals surface area contributed by atoms with Gasteiger partial charge >= 0.3 is 6.03 Å². The van der Waals surface area contributed by atoms with Crippen LogP contribution in [-0.2, 0) is 11.2 Å². The number of nitrogens with zero attached hydrogens (tertiary/aromatic N) is 1. The molecule has 2 rings (SSSR count). The molecular formula is C14H19N3O2. The first-order chi connectivity index (χ1) is 9.06. The summed E-state index contributed by atoms with van der Waals surface area (Å²) in [6.07, 6.45) is 1.85. The van der Waals surface area contributed by atoms with E-state index in [9.17, 15) is 9.59 Å². The van der Waals surface area contributed by atoms with Crippen molar-refractivity contribution in [3.8, 4) is 0 Å². The zero-order chi connectivity index (χ0) is 13.8. The molecule has 1 aliphatic rings. The van der Waals surface area contributed by atoms with Crippen molar-refractivity contribution in [1.82, 2.24) is 15.5 Å². The van der Waals surface area contributed by atoms with E-state index in [-0.39, 0.29) is 18.5 Å². The summed E-state index contributed by atoms with van der Waals surface area (Å²) in [4.78, 5) is 24.9. The van der Waals surface area contributed by atoms with E-state index in [4.69, 9.17) is 0 Å². The molecule has 0 radical (unpaired) electrons. The van der Waals surface area contributed by atoms with Gasteiger partial charge in [0.25, 0.3) is 0 Å². The number of benzene rings is 1. The third kappa shape index (κ3) is 3.54. The molecule has 0 aliphatic heterocycles. The van der Waals surface area contributed by atoms with Crippen molar-refractivity contribution in [3.05, 3.63) is 35.4 Å². The Bertz CT molecular complexity index is 485. The van der Waals surface area contributed by atoms with Crippen molar-refractivity contribution < 1.29 is 9.59 Å². The molecule has 1 atom stereocenters. The van der Waals surface area contributed by atoms with Crippen LogP contribution in [0.3, 0.4) is 0 Å². The van der Waals surface area contributed by atoms with Crippen molar-refractivity contribution in [2.75, 3.05) is 20.6 Å². The summed E-state index contributed by atoms with van der Waals surface area (Å²) in [5.41, 5.74) is 2.42. The molecule has 1 aliphatic carbocycles. The van der Waals surface area contributed by atoms with E-state index >= 15 is 0 Å². The second-order valence-corrected chi connectivity index (χ2v) is 5.05. The Morgan fingerprint density at radius 3 is 2.79 bits per heavy atom. The molecule has 5 heteroatoms. The van der Waals surface area contributed by atoms with Gasteiger partial charge in [0.15, 0.2) is 0 Å². The first-order valence-corrected chi connectivity index (χ1v) is 6.39. The smallest absolute Gasteiger partial charge is 0.321 e. The molecule has 0 aromatic heterocycles. The fourth-order valence-corrected chi connectivity index (χ4v) is 2.35. The molecular weight excluding hydrogens is 242 g/mol. The molecule has 0 spiro atoms. The molecule has 5 nitrogen and oxygen atoms in total. The van der Waals surface area contributed by atoms with E-state index in [1.807, 2.05) is 18.2 Å². The molecule has 0 saturated carbocycles. The maximum Gasteiger partial charge on any atom is 0.321 e. The zero-order valence-electron chi connectivity index (χ0n) is 11.3. The second-order valence-electron chi connectivity index (χ2n) is 5.05. The predicted molar refractivity (Wildman–Crippen MR) is 72.7 cm³/mol. The second kappa shape index (κ2) is 5.84. The monoisotopic (exact) mass is 261 g/mol. The highest BCUT2D eigenvalue weighted by Crippen LogP contribution is 2.30. The average Bonchev–Trinajstić information content (AvgIpc) is 2.71. The molecule has 1 unspecified atom stereocenters. The summed E-state index contributed by atoms with van der Waals surface area (Å²) in [5, 5.41) is 5.19. The van der Waals surface area contributed by atoms with Gasteiger partial charge in [-0.25, -0.2) is 4.79 Å². The van der Waals surface area contributed by atoms with Gasteiger partial charge in [-0.05, 0) is 38.1 Å². The van der Waals surface area contributed by atoms with Crippen LogP contribution in [0.2, 0.25) is 0 Å². The third-order valence-electron chi connectivity index (χ3n) is 3.15. The SMILES string of the molecule is CN(C)CC(=O)NC(=O)NC1CCc2ccccc21. The standard InChI is InChI=1S/C14H19N3O2/c1-17(2)9-13(18)16-14(19)15-12-8-7-10-5-3-4-6-11(10)12/h3-6,12H,7-9H2,1-2H3,(H2,15,16,18,19). The van der Waals surface area contributed by atoms with Gasteiger partial charge in [0.2, 0.25) is 5.91 Å². The summed E-state index contributed by atoms with van der Waals surface area (Å²) in [5.74, 6) is -0.297. The number of carbonyl (C=O) groups excluding carboxylic acids is 2. The highest BCUT2D eigenvalue weighted by atomic mass is 16.2. The molecule has 1 aromatic carbocycles. The Hall–Kier alpha value is -1.88. The van der Waals surface area contributed by atoms with E-state index in [1.165, 1.54) is 5.56 Å². The summed E-state index contributed by atoms with van der Waals surface area (Å²) >= 11 is 0. The van der Waals surface area contributed by atoms with Crippen molar-refractivity contribution in [3.63, 3.8) is 0 Å². The molecule has 1 aromatic rings. The van der Waals surface area contributed by atoms with E-state index in [0.29, 0.717) is 0 Å². The minimum absolute atomic E-state index is 0.00311. The first-order valence-electron chi connectivity index (χ1n) is 6.39. The van der Waals surface area contributed by atoms with Crippen molar-refractivity contribution in [2.45, 2.75) is 18.9 Å². The Kier molecular flexibility index (Phi) is 4.16. The van der Waals surface area contributed by atoms with Gasteiger partial charge in [-0.15, -0.1) is 0 Å². The Balaban J connectivity index is 1.89. The van der Waals surface area contributed by atoms with E-state index in [0.717, 1.165) is 18.4 Å². The number of likely N-dealkylation sites (N-methyl/N-ethyl adjacent to an activating group) is 1. The van der Waals surface area contributed by atoms with Gasteiger partial charge in [-0.2, -0.15) is 0 Å². The quantitative estimate of drug-likeness (QED) is 0.855. The number of fused-ring (bicyclic) bond motifs is 1. The maximum atomic E-state index is 11.7. The number of urea groups is 1. The van der Waals surface area contributed by atoms with Crippen LogP contribution in [0.4, 0.5) is 4.79 Å². The van der Waals surface area contributed by atoms with Gasteiger partial charge in [0.05, 0.1) is 12.6 Å². The number of carbonyl (C=O) groups is 2. The molecule has 2 N–H and O–H groups in total. The highest BCUT2D eigenvalue weighted by molar-refractivity contribution is 5.95. The van der Waals surface area contributed by atoms with Gasteiger partial charge < -0.3 is 10.2 Å². The maximum absolute atomic E-state index is 11.7. The number of rotatable bonds is 3. The third-order valence-corrected chi connectivity index (χ3v) is 3.15. The molecule has 0 saturated heterocycles. The minimum atomic E-state index is -0.423. The lowest BCUT2D eigenvalue weighted by Gasteiger charge is -2.15. The largest absolute Gasteiger partial charge is 0.331 e. The van der Waals surface area contributed by atoms with Gasteiger partial charge in [0, 0.05) is 0 Å². The van der Waals surface area contributed by atoms with Gasteiger partial charge in [-0.1, -0.05) is 24.3 Å². The van der Waals surface area contributed by atoms with Gasteiger partial charge in [0.1, 0.15) is 0 Å². The van der Waals surface area contributed by atoms with Crippen LogP contribution in [0.1, 0.15) is 23.6 Å². The molecule has 19 heavy (non-hydrogen) atoms. The van der Waals surface area contributed by atoms with E-state index in [2.05, 4.69) is 16.7 Å². The molecule has 0 bridgehead atoms. The number of aryl methyl sites for hydroxylation is 1. The number of hydrogen-bond donors (Lipinski definition) is 2. The average molecular weight is 261 g/mol. The normalized spacial score (nSPS) is 17.1. The fraction of sp³-hybridized carbons (Fsp3) is 0.429. The van der Waals surface area contributed by atoms with Crippen molar-refractivity contribution in [1.29, 1.82) is 0 Å². The topological polar surface area (TPSA) is 61.4 Å². The number of amides is 3. The molecule has 0 fully saturated rings. The number of nitrogens with one attached hydrogen (secondary N) is 2. The lowest BCUT2D eigenvalue weighted by molar-refractivity contribution is -0.120. The van der Waals surface area contributed by atoms with Crippen LogP contribution in [0.5, 0.6) is 0 Å².